The van der Waals surface area contributed by atoms with Crippen LogP contribution < -0.4 is 19.7 Å². The summed E-state index contributed by atoms with van der Waals surface area (Å²) in [6, 6.07) is 15.7. The Morgan fingerprint density at radius 2 is 1.51 bits per heavy atom. The minimum atomic E-state index is -5.08. The molecule has 278 valence electrons. The van der Waals surface area contributed by atoms with Gasteiger partial charge in [0.2, 0.25) is 0 Å². The van der Waals surface area contributed by atoms with Gasteiger partial charge in [-0.15, -0.1) is 0 Å². The van der Waals surface area contributed by atoms with Gasteiger partial charge in [0.1, 0.15) is 23.0 Å². The second kappa shape index (κ2) is 17.4. The molecule has 5 rings (SSSR count). The number of alkyl halides is 6. The maximum atomic E-state index is 13.9. The number of imidazole rings is 1. The molecule has 10 nitrogen and oxygen atoms in total. The zero-order valence-corrected chi connectivity index (χ0v) is 28.1. The van der Waals surface area contributed by atoms with E-state index in [-0.39, 0.29) is 5.82 Å². The van der Waals surface area contributed by atoms with Gasteiger partial charge in [-0.1, -0.05) is 29.8 Å². The van der Waals surface area contributed by atoms with Crippen molar-refractivity contribution in [1.29, 1.82) is 0 Å². The molecule has 2 heterocycles. The fourth-order valence-corrected chi connectivity index (χ4v) is 5.40. The fraction of sp³-hybridized carbons (Fsp3) is 0.364. The molecule has 2 aromatic carbocycles. The van der Waals surface area contributed by atoms with Crippen LogP contribution in [-0.4, -0.2) is 77.2 Å². The Morgan fingerprint density at radius 3 is 2.04 bits per heavy atom. The Bertz CT molecular complexity index is 1770. The predicted molar refractivity (Wildman–Crippen MR) is 174 cm³/mol. The highest BCUT2D eigenvalue weighted by atomic mass is 35.5. The third kappa shape index (κ3) is 11.4. The first-order chi connectivity index (χ1) is 23.8. The van der Waals surface area contributed by atoms with E-state index in [1.54, 1.807) is 26.4 Å². The van der Waals surface area contributed by atoms with Gasteiger partial charge in [0, 0.05) is 67.0 Å². The first-order valence-electron chi connectivity index (χ1n) is 15.1. The lowest BCUT2D eigenvalue weighted by molar-refractivity contribution is -0.193. The van der Waals surface area contributed by atoms with E-state index in [2.05, 4.69) is 29.4 Å². The number of halogens is 8. The van der Waals surface area contributed by atoms with Gasteiger partial charge >= 0.3 is 24.3 Å². The molecule has 0 amide bonds. The molecule has 2 aromatic heterocycles. The molecule has 0 aliphatic heterocycles. The minimum Gasteiger partial charge on any atom is -0.496 e. The number of pyridine rings is 1. The molecule has 0 radical (unpaired) electrons. The molecule has 18 heteroatoms. The van der Waals surface area contributed by atoms with E-state index in [0.29, 0.717) is 35.2 Å². The van der Waals surface area contributed by atoms with Crippen molar-refractivity contribution in [3.8, 4) is 22.8 Å². The van der Waals surface area contributed by atoms with E-state index < -0.39 is 24.3 Å². The number of rotatable bonds is 8. The molecule has 1 fully saturated rings. The molecule has 0 unspecified atom stereocenters. The van der Waals surface area contributed by atoms with E-state index in [4.69, 9.17) is 45.9 Å². The number of nitrogens with one attached hydrogen (secondary N) is 1. The molecule has 4 aromatic rings. The van der Waals surface area contributed by atoms with Crippen LogP contribution in [0.25, 0.3) is 16.9 Å². The van der Waals surface area contributed by atoms with Crippen molar-refractivity contribution < 1.29 is 60.0 Å². The number of hydrogen-bond donors (Lipinski definition) is 3. The van der Waals surface area contributed by atoms with E-state index in [1.807, 2.05) is 35.0 Å². The van der Waals surface area contributed by atoms with Gasteiger partial charge in [-0.2, -0.15) is 26.3 Å². The van der Waals surface area contributed by atoms with Crippen LogP contribution in [0.1, 0.15) is 31.2 Å². The number of methoxy groups -OCH3 is 2. The van der Waals surface area contributed by atoms with Crippen molar-refractivity contribution in [1.82, 2.24) is 14.7 Å². The number of benzene rings is 2. The number of fused-ring (bicyclic) bond motifs is 1. The zero-order chi connectivity index (χ0) is 38.1. The van der Waals surface area contributed by atoms with E-state index in [9.17, 15) is 30.7 Å². The minimum absolute atomic E-state index is 0.144. The van der Waals surface area contributed by atoms with Gasteiger partial charge in [0.05, 0.1) is 24.9 Å². The third-order valence-electron chi connectivity index (χ3n) is 7.87. The number of carboxylic acid groups (broad SMARTS) is 2. The Labute approximate surface area is 292 Å². The van der Waals surface area contributed by atoms with Crippen LogP contribution in [-0.2, 0) is 16.1 Å². The lowest BCUT2D eigenvalue weighted by Gasteiger charge is -2.36. The van der Waals surface area contributed by atoms with Crippen molar-refractivity contribution in [2.75, 3.05) is 26.2 Å². The van der Waals surface area contributed by atoms with Crippen LogP contribution >= 0.6 is 11.6 Å². The summed E-state index contributed by atoms with van der Waals surface area (Å²) in [6.07, 6.45) is -1.85. The number of ether oxygens (including phenoxy) is 2. The van der Waals surface area contributed by atoms with Crippen LogP contribution in [0.2, 0.25) is 5.02 Å². The average Bonchev–Trinajstić information content (AvgIpc) is 3.51. The van der Waals surface area contributed by atoms with Gasteiger partial charge in [-0.3, -0.25) is 0 Å². The summed E-state index contributed by atoms with van der Waals surface area (Å²) in [5.74, 6) is -4.44. The highest BCUT2D eigenvalue weighted by Crippen LogP contribution is 2.38. The molecule has 1 saturated carbocycles. The van der Waals surface area contributed by atoms with E-state index in [1.165, 1.54) is 6.07 Å². The lowest BCUT2D eigenvalue weighted by atomic mass is 9.90. The Kier molecular flexibility index (Phi) is 13.9. The Morgan fingerprint density at radius 1 is 0.941 bits per heavy atom. The van der Waals surface area contributed by atoms with Crippen LogP contribution in [0.15, 0.2) is 60.9 Å². The van der Waals surface area contributed by atoms with Crippen molar-refractivity contribution >= 4 is 34.9 Å². The standard InChI is InChI=1S/C29H32ClFN4O2.2C2HF3O2/c1-34(21-10-8-20(9-11-21)32-17-19-6-4-5-7-25(19)31)22-12-13-35-18-26(33-29(35)14-22)23-15-24(30)28(37-3)16-27(23)36-2;2*3-2(4,5)1(6)7/h4-7,12-16,18,20-21,32H,8-11,17H2,1-3H3;2*(H,6,7)/t20-,21+;;. The number of nitrogens with zero attached hydrogens (tertiary/aromatic N) is 3. The monoisotopic (exact) mass is 750 g/mol. The molecule has 51 heavy (non-hydrogen) atoms. The van der Waals surface area contributed by atoms with Gasteiger partial charge < -0.3 is 34.3 Å². The maximum Gasteiger partial charge on any atom is 0.490 e. The topological polar surface area (TPSA) is 126 Å². The van der Waals surface area contributed by atoms with Crippen molar-refractivity contribution in [3.05, 3.63) is 77.3 Å². The highest BCUT2D eigenvalue weighted by Gasteiger charge is 2.39. The van der Waals surface area contributed by atoms with Crippen molar-refractivity contribution in [2.24, 2.45) is 0 Å². The molecular weight excluding hydrogens is 717 g/mol. The third-order valence-corrected chi connectivity index (χ3v) is 8.16. The highest BCUT2D eigenvalue weighted by molar-refractivity contribution is 6.32. The molecule has 0 saturated heterocycles. The summed E-state index contributed by atoms with van der Waals surface area (Å²) in [5, 5.41) is 18.3. The average molecular weight is 751 g/mol. The van der Waals surface area contributed by atoms with Gasteiger partial charge in [-0.25, -0.2) is 19.0 Å². The lowest BCUT2D eigenvalue weighted by Crippen LogP contribution is -2.40. The molecule has 1 aliphatic rings. The zero-order valence-electron chi connectivity index (χ0n) is 27.4. The van der Waals surface area contributed by atoms with E-state index >= 15 is 0 Å². The molecule has 3 N–H and O–H groups in total. The second-order valence-corrected chi connectivity index (χ2v) is 11.6. The van der Waals surface area contributed by atoms with Crippen LogP contribution in [0.4, 0.5) is 36.4 Å². The number of aromatic nitrogens is 2. The summed E-state index contributed by atoms with van der Waals surface area (Å²) in [7, 11) is 5.36. The second-order valence-electron chi connectivity index (χ2n) is 11.2. The van der Waals surface area contributed by atoms with Crippen molar-refractivity contribution in [3.63, 3.8) is 0 Å². The summed E-state index contributed by atoms with van der Waals surface area (Å²) in [4.78, 5) is 25.0. The normalized spacial score (nSPS) is 15.9. The summed E-state index contributed by atoms with van der Waals surface area (Å²) < 4.78 is 90.3. The number of anilines is 1. The Balaban J connectivity index is 0.000000424. The Hall–Kier alpha value is -4.77. The first-order valence-corrected chi connectivity index (χ1v) is 15.4. The number of hydrogen-bond acceptors (Lipinski definition) is 7. The summed E-state index contributed by atoms with van der Waals surface area (Å²) in [5.41, 5.74) is 4.31. The SMILES string of the molecule is COc1cc(OC)c(-c2cn3ccc(N(C)[C@H]4CC[C@@H](NCc5ccccc5F)CC4)cc3n2)cc1Cl.O=C(O)C(F)(F)F.O=C(O)C(F)(F)F. The number of carbonyl (C=O) groups is 2. The van der Waals surface area contributed by atoms with Crippen molar-refractivity contribution in [2.45, 2.75) is 56.7 Å². The summed E-state index contributed by atoms with van der Waals surface area (Å²) >= 11 is 6.38. The molecule has 1 aliphatic carbocycles. The molecule has 0 atom stereocenters. The van der Waals surface area contributed by atoms with Crippen LogP contribution in [0.5, 0.6) is 11.5 Å². The fourth-order valence-electron chi connectivity index (χ4n) is 5.15. The number of carboxylic acids is 2. The molecule has 0 bridgehead atoms. The molecule has 0 spiro atoms. The van der Waals surface area contributed by atoms with E-state index in [0.717, 1.165) is 53.8 Å². The number of aliphatic carboxylic acids is 2. The largest absolute Gasteiger partial charge is 0.496 e. The van der Waals surface area contributed by atoms with Gasteiger partial charge in [-0.05, 0) is 43.9 Å². The molecular formula is C33H34ClF7N4O6. The van der Waals surface area contributed by atoms with Gasteiger partial charge in [0.15, 0.2) is 0 Å². The predicted octanol–water partition coefficient (Wildman–Crippen LogP) is 7.61. The maximum absolute atomic E-state index is 13.9. The quantitative estimate of drug-likeness (QED) is 0.156. The summed E-state index contributed by atoms with van der Waals surface area (Å²) in [6.45, 7) is 0.570. The van der Waals surface area contributed by atoms with Crippen LogP contribution in [0, 0.1) is 5.82 Å². The smallest absolute Gasteiger partial charge is 0.490 e. The first kappa shape index (κ1) is 40.7. The van der Waals surface area contributed by atoms with Gasteiger partial charge in [0.25, 0.3) is 0 Å². The van der Waals surface area contributed by atoms with Crippen LogP contribution in [0.3, 0.4) is 0 Å².